The molecule has 0 saturated carbocycles. The number of aromatic hydroxyl groups is 1. The molecule has 0 bridgehead atoms. The molecule has 0 spiro atoms. The van der Waals surface area contributed by atoms with Crippen molar-refractivity contribution in [3.8, 4) is 45.4 Å². The predicted molar refractivity (Wildman–Crippen MR) is 226 cm³/mol. The van der Waals surface area contributed by atoms with Crippen LogP contribution in [0.25, 0.3) is 33.9 Å². The summed E-state index contributed by atoms with van der Waals surface area (Å²) in [5, 5.41) is 10.2. The van der Waals surface area contributed by atoms with Gasteiger partial charge in [-0.2, -0.15) is 26.3 Å². The number of carbonyl (C=O) groups excluding carboxylic acids is 2. The van der Waals surface area contributed by atoms with Crippen molar-refractivity contribution in [2.75, 3.05) is 13.2 Å². The van der Waals surface area contributed by atoms with Crippen molar-refractivity contribution < 1.29 is 55.2 Å². The van der Waals surface area contributed by atoms with Gasteiger partial charge in [-0.15, -0.1) is 0 Å². The number of halogens is 6. The molecule has 0 aliphatic rings. The number of nitrogens with zero attached hydrogens (tertiary/aromatic N) is 2. The molecule has 0 amide bonds. The lowest BCUT2D eigenvalue weighted by molar-refractivity contribution is -0.138. The van der Waals surface area contributed by atoms with Crippen molar-refractivity contribution in [2.45, 2.75) is 46.7 Å². The summed E-state index contributed by atoms with van der Waals surface area (Å²) in [4.78, 5) is 24.3. The van der Waals surface area contributed by atoms with Crippen LogP contribution >= 0.6 is 0 Å². The smallest absolute Gasteiger partial charge is 0.416 e. The van der Waals surface area contributed by atoms with E-state index in [0.717, 1.165) is 47.3 Å². The molecule has 0 aliphatic carbocycles. The number of phenolic OH excluding ortho intramolecular Hbond substituents is 1. The van der Waals surface area contributed by atoms with Gasteiger partial charge in [-0.1, -0.05) is 42.5 Å². The van der Waals surface area contributed by atoms with E-state index in [0.29, 0.717) is 45.2 Å². The Morgan fingerprint density at radius 1 is 0.556 bits per heavy atom. The molecular formula is C49H42F6N2O6. The summed E-state index contributed by atoms with van der Waals surface area (Å²) < 4.78 is 99.8. The zero-order chi connectivity index (χ0) is 45.5. The average molecular weight is 869 g/mol. The molecule has 0 radical (unpaired) electrons. The van der Waals surface area contributed by atoms with E-state index >= 15 is 0 Å². The van der Waals surface area contributed by atoms with Crippen LogP contribution in [-0.4, -0.2) is 39.4 Å². The van der Waals surface area contributed by atoms with Crippen LogP contribution < -0.4 is 4.74 Å². The Labute approximate surface area is 359 Å². The minimum Gasteiger partial charge on any atom is -0.507 e. The van der Waals surface area contributed by atoms with Gasteiger partial charge in [-0.05, 0) is 130 Å². The van der Waals surface area contributed by atoms with Crippen LogP contribution in [0.3, 0.4) is 0 Å². The lowest BCUT2D eigenvalue weighted by Crippen LogP contribution is -2.08. The largest absolute Gasteiger partial charge is 0.507 e. The zero-order valence-electron chi connectivity index (χ0n) is 34.6. The van der Waals surface area contributed by atoms with Gasteiger partial charge >= 0.3 is 24.3 Å². The topological polar surface area (TPSA) is 91.9 Å². The first-order valence-corrected chi connectivity index (χ1v) is 19.7. The maximum Gasteiger partial charge on any atom is 0.416 e. The Balaban J connectivity index is 0.000000215. The highest BCUT2D eigenvalue weighted by atomic mass is 19.4. The Bertz CT molecular complexity index is 2720. The van der Waals surface area contributed by atoms with Crippen molar-refractivity contribution in [1.29, 1.82) is 0 Å². The third kappa shape index (κ3) is 10.6. The van der Waals surface area contributed by atoms with E-state index in [9.17, 15) is 41.0 Å². The van der Waals surface area contributed by atoms with Crippen LogP contribution in [-0.2, 0) is 28.4 Å². The molecule has 0 atom stereocenters. The van der Waals surface area contributed by atoms with Gasteiger partial charge in [0.1, 0.15) is 18.1 Å². The van der Waals surface area contributed by atoms with Crippen molar-refractivity contribution in [3.63, 3.8) is 0 Å². The number of phenols is 1. The summed E-state index contributed by atoms with van der Waals surface area (Å²) in [5.41, 5.74) is 3.89. The SMILES string of the molecule is CCOC(=O)c1cccc(-n2c(C)ccc2-c2cc(C(F)(F)F)ccc2O)c1.CCOC(=O)c1cccc(-n2c(C)ccc2-c2cc(C(F)(F)F)ccc2OCc2ccccc2)c1. The van der Waals surface area contributed by atoms with Crippen molar-refractivity contribution in [3.05, 3.63) is 179 Å². The summed E-state index contributed by atoms with van der Waals surface area (Å²) in [5.74, 6) is -0.902. The number of benzene rings is 5. The summed E-state index contributed by atoms with van der Waals surface area (Å²) in [6.45, 7) is 7.73. The minimum atomic E-state index is -4.53. The third-order valence-corrected chi connectivity index (χ3v) is 9.80. The molecular weight excluding hydrogens is 827 g/mol. The summed E-state index contributed by atoms with van der Waals surface area (Å²) in [6.07, 6.45) is -9.04. The molecule has 7 aromatic rings. The Hall–Kier alpha value is -7.22. The highest BCUT2D eigenvalue weighted by molar-refractivity contribution is 5.91. The van der Waals surface area contributed by atoms with Gasteiger partial charge in [-0.25, -0.2) is 9.59 Å². The monoisotopic (exact) mass is 868 g/mol. The summed E-state index contributed by atoms with van der Waals surface area (Å²) in [6, 6.07) is 35.9. The second-order valence-corrected chi connectivity index (χ2v) is 14.1. The van der Waals surface area contributed by atoms with E-state index in [4.69, 9.17) is 14.2 Å². The number of alkyl halides is 6. The predicted octanol–water partition coefficient (Wildman–Crippen LogP) is 12.6. The quantitative estimate of drug-likeness (QED) is 0.103. The number of ether oxygens (including phenoxy) is 3. The molecule has 0 saturated heterocycles. The van der Waals surface area contributed by atoms with E-state index in [1.807, 2.05) is 43.3 Å². The number of hydrogen-bond acceptors (Lipinski definition) is 6. The van der Waals surface area contributed by atoms with Crippen LogP contribution in [0.1, 0.15) is 62.6 Å². The fourth-order valence-electron chi connectivity index (χ4n) is 6.84. The third-order valence-electron chi connectivity index (χ3n) is 9.80. The van der Waals surface area contributed by atoms with Gasteiger partial charge in [0.05, 0.1) is 46.9 Å². The van der Waals surface area contributed by atoms with E-state index in [1.54, 1.807) is 96.6 Å². The highest BCUT2D eigenvalue weighted by Crippen LogP contribution is 2.40. The lowest BCUT2D eigenvalue weighted by atomic mass is 10.1. The van der Waals surface area contributed by atoms with Crippen molar-refractivity contribution in [2.24, 2.45) is 0 Å². The van der Waals surface area contributed by atoms with Gasteiger partial charge in [0.2, 0.25) is 0 Å². The standard InChI is InChI=1S/C28H24F3NO3.C21H18F3NO3/c1-3-34-27(33)21-10-7-11-23(16-21)32-19(2)12-14-25(32)24-17-22(28(29,30)31)13-15-26(24)35-18-20-8-5-4-6-9-20;1-3-28-20(27)14-5-4-6-16(11-14)25-13(2)7-9-18(25)17-12-15(21(22,23)24)8-10-19(17)26/h4-17H,3,18H2,1-2H3;4-12,26H,3H2,1-2H3. The number of aromatic nitrogens is 2. The van der Waals surface area contributed by atoms with Crippen LogP contribution in [0.5, 0.6) is 11.5 Å². The molecule has 1 N–H and O–H groups in total. The molecule has 0 fully saturated rings. The zero-order valence-corrected chi connectivity index (χ0v) is 34.6. The molecule has 14 heteroatoms. The molecule has 5 aromatic carbocycles. The Morgan fingerprint density at radius 2 is 1.03 bits per heavy atom. The number of carbonyl (C=O) groups is 2. The minimum absolute atomic E-state index is 0.0458. The lowest BCUT2D eigenvalue weighted by Gasteiger charge is -2.18. The molecule has 0 aliphatic heterocycles. The summed E-state index contributed by atoms with van der Waals surface area (Å²) in [7, 11) is 0. The van der Waals surface area contributed by atoms with Crippen LogP contribution in [0.15, 0.2) is 140 Å². The van der Waals surface area contributed by atoms with Gasteiger partial charge in [0, 0.05) is 33.9 Å². The van der Waals surface area contributed by atoms with E-state index in [-0.39, 0.29) is 31.1 Å². The van der Waals surface area contributed by atoms with Gasteiger partial charge < -0.3 is 28.5 Å². The van der Waals surface area contributed by atoms with Crippen LogP contribution in [0.2, 0.25) is 0 Å². The fourth-order valence-corrected chi connectivity index (χ4v) is 6.84. The maximum atomic E-state index is 13.6. The van der Waals surface area contributed by atoms with Gasteiger partial charge in [0.15, 0.2) is 0 Å². The number of rotatable bonds is 11. The molecule has 326 valence electrons. The van der Waals surface area contributed by atoms with Gasteiger partial charge in [0.25, 0.3) is 0 Å². The molecule has 2 heterocycles. The van der Waals surface area contributed by atoms with Crippen molar-refractivity contribution in [1.82, 2.24) is 9.13 Å². The molecule has 0 unspecified atom stereocenters. The Morgan fingerprint density at radius 3 is 1.52 bits per heavy atom. The second kappa shape index (κ2) is 19.2. The maximum absolute atomic E-state index is 13.6. The number of esters is 2. The first kappa shape index (κ1) is 45.3. The molecule has 7 rings (SSSR count). The van der Waals surface area contributed by atoms with Crippen LogP contribution in [0, 0.1) is 13.8 Å². The van der Waals surface area contributed by atoms with Gasteiger partial charge in [-0.3, -0.25) is 0 Å². The Kier molecular flexibility index (Phi) is 13.8. The van der Waals surface area contributed by atoms with E-state index < -0.39 is 35.4 Å². The molecule has 8 nitrogen and oxygen atoms in total. The van der Waals surface area contributed by atoms with E-state index in [2.05, 4.69) is 0 Å². The van der Waals surface area contributed by atoms with E-state index in [1.165, 1.54) is 6.07 Å². The number of hydrogen-bond donors (Lipinski definition) is 1. The summed E-state index contributed by atoms with van der Waals surface area (Å²) >= 11 is 0. The van der Waals surface area contributed by atoms with Crippen LogP contribution in [0.4, 0.5) is 26.3 Å². The highest BCUT2D eigenvalue weighted by Gasteiger charge is 2.33. The second-order valence-electron chi connectivity index (χ2n) is 14.1. The first-order valence-electron chi connectivity index (χ1n) is 19.7. The fraction of sp³-hybridized carbons (Fsp3) is 0.184. The van der Waals surface area contributed by atoms with Crippen molar-refractivity contribution >= 4 is 11.9 Å². The molecule has 2 aromatic heterocycles. The average Bonchev–Trinajstić information content (AvgIpc) is 3.84. The molecule has 63 heavy (non-hydrogen) atoms. The number of aryl methyl sites for hydroxylation is 2. The first-order chi connectivity index (χ1) is 30.0. The normalized spacial score (nSPS) is 11.4.